The quantitative estimate of drug-likeness (QED) is 0.488. The van der Waals surface area contributed by atoms with Gasteiger partial charge in [-0.1, -0.05) is 101 Å². The first-order valence-electron chi connectivity index (χ1n) is 13.6. The van der Waals surface area contributed by atoms with Crippen molar-refractivity contribution in [3.63, 3.8) is 0 Å². The average Bonchev–Trinajstić information content (AvgIpc) is 3.40. The van der Waals surface area contributed by atoms with Crippen LogP contribution in [0.2, 0.25) is 0 Å². The van der Waals surface area contributed by atoms with Crippen molar-refractivity contribution in [1.29, 1.82) is 0 Å². The summed E-state index contributed by atoms with van der Waals surface area (Å²) in [7, 11) is 0. The van der Waals surface area contributed by atoms with Crippen LogP contribution in [-0.2, 0) is 16.5 Å². The number of hydrogen-bond acceptors (Lipinski definition) is 1. The first-order valence-corrected chi connectivity index (χ1v) is 13.6. The monoisotopic (exact) mass is 447 g/mol. The van der Waals surface area contributed by atoms with Crippen molar-refractivity contribution < 1.29 is 4.39 Å². The van der Waals surface area contributed by atoms with Crippen molar-refractivity contribution in [2.24, 2.45) is 0 Å². The van der Waals surface area contributed by atoms with Gasteiger partial charge in [0, 0.05) is 6.04 Å². The molecule has 1 N–H and O–H groups in total. The summed E-state index contributed by atoms with van der Waals surface area (Å²) in [4.78, 5) is 0. The Morgan fingerprint density at radius 2 is 1.09 bits per heavy atom. The summed E-state index contributed by atoms with van der Waals surface area (Å²) in [5.41, 5.74) is 3.38. The highest BCUT2D eigenvalue weighted by Crippen LogP contribution is 2.45. The van der Waals surface area contributed by atoms with Crippen molar-refractivity contribution >= 4 is 0 Å². The van der Waals surface area contributed by atoms with E-state index < -0.39 is 5.67 Å². The fourth-order valence-electron chi connectivity index (χ4n) is 7.06. The smallest absolute Gasteiger partial charge is 0.176 e. The first-order chi connectivity index (χ1) is 15.9. The van der Waals surface area contributed by atoms with E-state index in [0.29, 0.717) is 0 Å². The maximum atomic E-state index is 17.2. The van der Waals surface area contributed by atoms with Crippen LogP contribution in [0.25, 0.3) is 0 Å². The van der Waals surface area contributed by atoms with Gasteiger partial charge in [0.05, 0.1) is 0 Å². The Labute approximate surface area is 200 Å². The average molecular weight is 448 g/mol. The fraction of sp³-hybridized carbons (Fsp3) is 0.613. The van der Waals surface area contributed by atoms with Crippen LogP contribution < -0.4 is 5.32 Å². The van der Waals surface area contributed by atoms with E-state index in [4.69, 9.17) is 0 Å². The summed E-state index contributed by atoms with van der Waals surface area (Å²) in [6.45, 7) is 5.70. The number of alkyl halides is 1. The Hall–Kier alpha value is -1.67. The molecule has 0 unspecified atom stereocenters. The lowest BCUT2D eigenvalue weighted by atomic mass is 9.70. The number of rotatable bonds is 5. The fourth-order valence-corrected chi connectivity index (χ4v) is 7.06. The van der Waals surface area contributed by atoms with Gasteiger partial charge in [-0.2, -0.15) is 0 Å². The van der Waals surface area contributed by atoms with Crippen LogP contribution >= 0.6 is 0 Å². The topological polar surface area (TPSA) is 12.0 Å². The van der Waals surface area contributed by atoms with Crippen LogP contribution in [0, 0.1) is 0 Å². The van der Waals surface area contributed by atoms with Gasteiger partial charge in [-0.05, 0) is 78.2 Å². The molecule has 1 aliphatic heterocycles. The summed E-state index contributed by atoms with van der Waals surface area (Å²) in [5, 5.41) is 3.49. The summed E-state index contributed by atoms with van der Waals surface area (Å²) in [6.07, 6.45) is 14.9. The highest BCUT2D eigenvalue weighted by atomic mass is 19.1. The highest BCUT2D eigenvalue weighted by Gasteiger charge is 2.44. The van der Waals surface area contributed by atoms with Crippen molar-refractivity contribution in [3.8, 4) is 0 Å². The zero-order valence-corrected chi connectivity index (χ0v) is 20.8. The SMILES string of the molecule is CC1(c2ccc(C(F)(c3ccc(C4(C)CCCCC4)cc3)[C@@H]3CCCN3)cc2)CCCCC1. The molecule has 178 valence electrons. The van der Waals surface area contributed by atoms with Gasteiger partial charge < -0.3 is 5.32 Å². The molecule has 3 aliphatic rings. The molecular weight excluding hydrogens is 405 g/mol. The molecule has 0 spiro atoms. The van der Waals surface area contributed by atoms with E-state index in [0.717, 1.165) is 30.5 Å². The molecule has 2 aliphatic carbocycles. The lowest BCUT2D eigenvalue weighted by molar-refractivity contribution is 0.163. The Bertz CT molecular complexity index is 843. The number of hydrogen-bond donors (Lipinski definition) is 1. The summed E-state index contributed by atoms with van der Waals surface area (Å²) in [6, 6.07) is 17.1. The minimum Gasteiger partial charge on any atom is -0.310 e. The van der Waals surface area contributed by atoms with Crippen molar-refractivity contribution in [2.45, 2.75) is 113 Å². The van der Waals surface area contributed by atoms with E-state index in [1.807, 2.05) is 0 Å². The van der Waals surface area contributed by atoms with E-state index in [9.17, 15) is 0 Å². The lowest BCUT2D eigenvalue weighted by Crippen LogP contribution is -2.43. The zero-order valence-electron chi connectivity index (χ0n) is 20.8. The summed E-state index contributed by atoms with van der Waals surface area (Å²) >= 11 is 0. The van der Waals surface area contributed by atoms with Crippen molar-refractivity contribution in [2.75, 3.05) is 6.54 Å². The van der Waals surface area contributed by atoms with Crippen molar-refractivity contribution in [1.82, 2.24) is 5.32 Å². The van der Waals surface area contributed by atoms with Crippen LogP contribution in [0.15, 0.2) is 48.5 Å². The molecule has 33 heavy (non-hydrogen) atoms. The maximum absolute atomic E-state index is 17.2. The molecule has 1 heterocycles. The van der Waals surface area contributed by atoms with Crippen LogP contribution in [0.3, 0.4) is 0 Å². The number of benzene rings is 2. The molecule has 0 bridgehead atoms. The molecular formula is C31H42FN. The minimum absolute atomic E-state index is 0.162. The second-order valence-corrected chi connectivity index (χ2v) is 11.8. The van der Waals surface area contributed by atoms with Crippen LogP contribution in [0.5, 0.6) is 0 Å². The van der Waals surface area contributed by atoms with E-state index in [1.54, 1.807) is 0 Å². The van der Waals surface area contributed by atoms with Gasteiger partial charge in [0.2, 0.25) is 0 Å². The van der Waals surface area contributed by atoms with E-state index in [2.05, 4.69) is 67.7 Å². The summed E-state index contributed by atoms with van der Waals surface area (Å²) < 4.78 is 17.2. The van der Waals surface area contributed by atoms with Gasteiger partial charge in [0.15, 0.2) is 5.67 Å². The highest BCUT2D eigenvalue weighted by molar-refractivity contribution is 5.43. The van der Waals surface area contributed by atoms with Gasteiger partial charge in [-0.15, -0.1) is 0 Å². The van der Waals surface area contributed by atoms with Crippen LogP contribution in [0.4, 0.5) is 4.39 Å². The molecule has 1 atom stereocenters. The normalized spacial score (nSPS) is 25.1. The zero-order chi connectivity index (χ0) is 22.9. The second kappa shape index (κ2) is 9.17. The van der Waals surface area contributed by atoms with Gasteiger partial charge in [-0.3, -0.25) is 0 Å². The van der Waals surface area contributed by atoms with Gasteiger partial charge in [-0.25, -0.2) is 4.39 Å². The third-order valence-corrected chi connectivity index (χ3v) is 9.46. The third-order valence-electron chi connectivity index (χ3n) is 9.46. The van der Waals surface area contributed by atoms with Gasteiger partial charge >= 0.3 is 0 Å². The molecule has 1 nitrogen and oxygen atoms in total. The van der Waals surface area contributed by atoms with Crippen molar-refractivity contribution in [3.05, 3.63) is 70.8 Å². The molecule has 5 rings (SSSR count). The van der Waals surface area contributed by atoms with Gasteiger partial charge in [0.25, 0.3) is 0 Å². The largest absolute Gasteiger partial charge is 0.310 e. The van der Waals surface area contributed by atoms with E-state index >= 15 is 4.39 Å². The molecule has 1 saturated heterocycles. The maximum Gasteiger partial charge on any atom is 0.176 e. The van der Waals surface area contributed by atoms with Crippen LogP contribution in [-0.4, -0.2) is 12.6 Å². The predicted molar refractivity (Wildman–Crippen MR) is 137 cm³/mol. The van der Waals surface area contributed by atoms with E-state index in [-0.39, 0.29) is 16.9 Å². The lowest BCUT2D eigenvalue weighted by Gasteiger charge is -2.37. The molecule has 2 aromatic rings. The molecule has 2 saturated carbocycles. The minimum atomic E-state index is -1.49. The Balaban J connectivity index is 1.47. The molecule has 0 aromatic heterocycles. The standard InChI is InChI=1S/C31H42FN/c1-29(19-5-3-6-20-29)24-11-15-26(16-12-24)31(32,28-10-9-23-33-28)27-17-13-25(14-18-27)30(2)21-7-4-8-22-30/h11-18,28,33H,3-10,19-23H2,1-2H3/t28-/m0/s1. The van der Waals surface area contributed by atoms with Gasteiger partial charge in [0.1, 0.15) is 0 Å². The Morgan fingerprint density at radius 3 is 1.45 bits per heavy atom. The number of nitrogens with one attached hydrogen (secondary N) is 1. The van der Waals surface area contributed by atoms with Crippen LogP contribution in [0.1, 0.15) is 113 Å². The Kier molecular flexibility index (Phi) is 6.42. The second-order valence-electron chi connectivity index (χ2n) is 11.8. The third kappa shape index (κ3) is 4.29. The predicted octanol–water partition coefficient (Wildman–Crippen LogP) is 8.10. The molecule has 0 amide bonds. The molecule has 2 heteroatoms. The molecule has 2 aromatic carbocycles. The molecule has 3 fully saturated rings. The Morgan fingerprint density at radius 1 is 0.667 bits per heavy atom. The summed E-state index contributed by atoms with van der Waals surface area (Å²) in [5.74, 6) is 0. The first kappa shape index (κ1) is 23.1. The molecule has 0 radical (unpaired) electrons. The number of halogens is 1. The van der Waals surface area contributed by atoms with E-state index in [1.165, 1.54) is 75.3 Å².